The smallest absolute Gasteiger partial charge is 0.243 e. The lowest BCUT2D eigenvalue weighted by atomic mass is 9.90. The number of Topliss-reactive ketones (excluding diaryl/α,β-unsaturated/α-hetero) is 2. The first-order valence-corrected chi connectivity index (χ1v) is 10.1. The molecule has 0 radical (unpaired) electrons. The first-order valence-electron chi connectivity index (χ1n) is 9.07. The van der Waals surface area contributed by atoms with Crippen LogP contribution in [0, 0.1) is 0 Å². The number of hydrogen-bond acceptors (Lipinski definition) is 6. The van der Waals surface area contributed by atoms with Crippen LogP contribution in [0.15, 0.2) is 53.6 Å². The first-order chi connectivity index (χ1) is 13.2. The summed E-state index contributed by atoms with van der Waals surface area (Å²) >= 11 is 1.48. The molecule has 0 amide bonds. The Morgan fingerprint density at radius 1 is 0.963 bits per heavy atom. The molecule has 136 valence electrons. The van der Waals surface area contributed by atoms with Gasteiger partial charge in [0.1, 0.15) is 22.1 Å². The quantitative estimate of drug-likeness (QED) is 0.710. The topological polar surface area (TPSA) is 59.5 Å². The van der Waals surface area contributed by atoms with Gasteiger partial charge in [0.15, 0.2) is 0 Å². The lowest BCUT2D eigenvalue weighted by Gasteiger charge is -2.45. The number of rotatable bonds is 1. The molecule has 1 saturated heterocycles. The highest BCUT2D eigenvalue weighted by molar-refractivity contribution is 8.04. The van der Waals surface area contributed by atoms with Gasteiger partial charge >= 0.3 is 0 Å². The van der Waals surface area contributed by atoms with Crippen molar-refractivity contribution in [2.75, 3.05) is 23.7 Å². The number of anilines is 1. The Bertz CT molecular complexity index is 962. The number of ketones is 2. The van der Waals surface area contributed by atoms with Crippen LogP contribution in [0.25, 0.3) is 5.76 Å². The van der Waals surface area contributed by atoms with Crippen molar-refractivity contribution >= 4 is 34.9 Å². The molecule has 1 fully saturated rings. The molecule has 0 N–H and O–H groups in total. The number of fused-ring (bicyclic) bond motifs is 2. The van der Waals surface area contributed by atoms with Crippen LogP contribution in [-0.2, 0) is 9.53 Å². The van der Waals surface area contributed by atoms with Gasteiger partial charge in [-0.15, -0.1) is 11.8 Å². The van der Waals surface area contributed by atoms with Gasteiger partial charge in [0.25, 0.3) is 0 Å². The highest BCUT2D eigenvalue weighted by Gasteiger charge is 2.46. The van der Waals surface area contributed by atoms with Crippen molar-refractivity contribution in [2.24, 2.45) is 0 Å². The summed E-state index contributed by atoms with van der Waals surface area (Å²) in [4.78, 5) is 32.1. The van der Waals surface area contributed by atoms with Crippen molar-refractivity contribution in [3.05, 3.63) is 64.7 Å². The van der Waals surface area contributed by atoms with E-state index in [0.717, 1.165) is 37.3 Å². The Kier molecular flexibility index (Phi) is 3.82. The summed E-state index contributed by atoms with van der Waals surface area (Å²) in [5, 5.41) is 0. The molecule has 2 aromatic rings. The predicted octanol–water partition coefficient (Wildman–Crippen LogP) is 3.32. The van der Waals surface area contributed by atoms with Gasteiger partial charge < -0.3 is 9.64 Å². The van der Waals surface area contributed by atoms with Gasteiger partial charge in [0, 0.05) is 49.0 Å². The van der Waals surface area contributed by atoms with Crippen molar-refractivity contribution < 1.29 is 14.3 Å². The zero-order valence-corrected chi connectivity index (χ0v) is 15.5. The maximum Gasteiger partial charge on any atom is 0.243 e. The summed E-state index contributed by atoms with van der Waals surface area (Å²) in [7, 11) is 0. The number of thioether (sulfide) groups is 1. The summed E-state index contributed by atoms with van der Waals surface area (Å²) < 4.78 is 6.49. The van der Waals surface area contributed by atoms with Crippen LogP contribution in [0.5, 0.6) is 0 Å². The molecule has 0 atom stereocenters. The number of pyridine rings is 1. The summed E-state index contributed by atoms with van der Waals surface area (Å²) in [6.45, 7) is 1.71. The summed E-state index contributed by atoms with van der Waals surface area (Å²) in [5.41, 5.74) is 0.892. The van der Waals surface area contributed by atoms with Gasteiger partial charge in [0.2, 0.25) is 11.6 Å². The number of allylic oxidation sites excluding steroid dienone is 1. The average Bonchev–Trinajstić information content (AvgIpc) is 2.73. The second-order valence-corrected chi connectivity index (χ2v) is 8.10. The number of ether oxygens (including phenoxy) is 1. The van der Waals surface area contributed by atoms with Gasteiger partial charge in [0.05, 0.1) is 0 Å². The normalized spacial score (nSPS) is 21.0. The second kappa shape index (κ2) is 6.23. The fourth-order valence-corrected chi connectivity index (χ4v) is 5.20. The SMILES string of the molecule is O=C1C(=O)c2ccccc2C2=C1SCC1(CCN(c3ccccn3)CC1)O2. The molecule has 3 aliphatic rings. The Morgan fingerprint density at radius 3 is 2.44 bits per heavy atom. The number of aromatic nitrogens is 1. The van der Waals surface area contributed by atoms with Crippen LogP contribution < -0.4 is 4.90 Å². The Balaban J connectivity index is 1.42. The monoisotopic (exact) mass is 378 g/mol. The third kappa shape index (κ3) is 2.67. The third-order valence-electron chi connectivity index (χ3n) is 5.48. The Morgan fingerprint density at radius 2 is 1.70 bits per heavy atom. The highest BCUT2D eigenvalue weighted by atomic mass is 32.2. The van der Waals surface area contributed by atoms with Gasteiger partial charge in [-0.1, -0.05) is 30.3 Å². The van der Waals surface area contributed by atoms with Crippen molar-refractivity contribution in [2.45, 2.75) is 18.4 Å². The van der Waals surface area contributed by atoms with E-state index in [9.17, 15) is 9.59 Å². The summed E-state index contributed by atoms with van der Waals surface area (Å²) in [5.74, 6) is 1.41. The van der Waals surface area contributed by atoms with Crippen molar-refractivity contribution in [3.8, 4) is 0 Å². The van der Waals surface area contributed by atoms with E-state index in [4.69, 9.17) is 4.74 Å². The first kappa shape index (κ1) is 16.6. The number of hydrogen-bond donors (Lipinski definition) is 0. The molecule has 2 aliphatic heterocycles. The minimum atomic E-state index is -0.436. The number of nitrogens with zero attached hydrogens (tertiary/aromatic N) is 2. The van der Waals surface area contributed by atoms with Crippen LogP contribution in [0.4, 0.5) is 5.82 Å². The molecule has 0 unspecified atom stereocenters. The molecular weight excluding hydrogens is 360 g/mol. The molecule has 27 heavy (non-hydrogen) atoms. The van der Waals surface area contributed by atoms with E-state index in [-0.39, 0.29) is 5.60 Å². The molecule has 6 heteroatoms. The number of piperidine rings is 1. The molecule has 5 nitrogen and oxygen atoms in total. The fourth-order valence-electron chi connectivity index (χ4n) is 3.94. The van der Waals surface area contributed by atoms with E-state index in [2.05, 4.69) is 9.88 Å². The number of carbonyl (C=O) groups is 2. The van der Waals surface area contributed by atoms with Gasteiger partial charge in [-0.2, -0.15) is 0 Å². The van der Waals surface area contributed by atoms with Gasteiger partial charge in [-0.25, -0.2) is 4.98 Å². The van der Waals surface area contributed by atoms with E-state index in [1.165, 1.54) is 11.8 Å². The molecule has 0 saturated carbocycles. The lowest BCUT2D eigenvalue weighted by molar-refractivity contribution is -0.111. The molecule has 1 aromatic carbocycles. The van der Waals surface area contributed by atoms with Gasteiger partial charge in [-0.05, 0) is 12.1 Å². The van der Waals surface area contributed by atoms with Crippen molar-refractivity contribution in [1.82, 2.24) is 4.98 Å². The zero-order valence-electron chi connectivity index (χ0n) is 14.7. The Labute approximate surface area is 161 Å². The third-order valence-corrected chi connectivity index (χ3v) is 6.81. The van der Waals surface area contributed by atoms with E-state index in [1.807, 2.05) is 36.5 Å². The number of carbonyl (C=O) groups excluding carboxylic acids is 2. The highest BCUT2D eigenvalue weighted by Crippen LogP contribution is 2.47. The zero-order chi connectivity index (χ0) is 18.4. The summed E-state index contributed by atoms with van der Waals surface area (Å²) in [6.07, 6.45) is 3.53. The Hall–Kier alpha value is -2.60. The average molecular weight is 378 g/mol. The van der Waals surface area contributed by atoms with Crippen molar-refractivity contribution in [1.29, 1.82) is 0 Å². The fraction of sp³-hybridized carbons (Fsp3) is 0.286. The standard InChI is InChI=1S/C21H18N2O3S/c24-17-14-5-1-2-6-15(14)19-20(18(17)25)27-13-21(26-19)8-11-23(12-9-21)16-7-3-4-10-22-16/h1-7,10H,8-9,11-13H2. The molecule has 5 rings (SSSR count). The van der Waals surface area contributed by atoms with E-state index >= 15 is 0 Å². The largest absolute Gasteiger partial charge is 0.484 e. The molecule has 1 aliphatic carbocycles. The van der Waals surface area contributed by atoms with Crippen LogP contribution >= 0.6 is 11.8 Å². The predicted molar refractivity (Wildman–Crippen MR) is 105 cm³/mol. The van der Waals surface area contributed by atoms with Crippen LogP contribution in [-0.4, -0.2) is 41.0 Å². The van der Waals surface area contributed by atoms with E-state index in [0.29, 0.717) is 22.0 Å². The summed E-state index contributed by atoms with van der Waals surface area (Å²) in [6, 6.07) is 13.2. The van der Waals surface area contributed by atoms with E-state index < -0.39 is 11.6 Å². The minimum absolute atomic E-state index is 0.303. The van der Waals surface area contributed by atoms with E-state index in [1.54, 1.807) is 12.1 Å². The lowest BCUT2D eigenvalue weighted by Crippen LogP contribution is -2.49. The molecular formula is C21H18N2O3S. The van der Waals surface area contributed by atoms with Crippen LogP contribution in [0.3, 0.4) is 0 Å². The molecule has 1 aromatic heterocycles. The maximum atomic E-state index is 12.5. The van der Waals surface area contributed by atoms with Crippen molar-refractivity contribution in [3.63, 3.8) is 0 Å². The number of benzene rings is 1. The maximum absolute atomic E-state index is 12.5. The molecule has 3 heterocycles. The minimum Gasteiger partial charge on any atom is -0.484 e. The van der Waals surface area contributed by atoms with Crippen LogP contribution in [0.2, 0.25) is 0 Å². The molecule has 0 bridgehead atoms. The van der Waals surface area contributed by atoms with Crippen LogP contribution in [0.1, 0.15) is 28.8 Å². The van der Waals surface area contributed by atoms with Gasteiger partial charge in [-0.3, -0.25) is 9.59 Å². The second-order valence-electron chi connectivity index (χ2n) is 7.11. The molecule has 1 spiro atoms.